The Hall–Kier alpha value is -2.54. The number of H-pyrrole nitrogens is 1. The molecule has 184 valence electrons. The smallest absolute Gasteiger partial charge is 0.325 e. The van der Waals surface area contributed by atoms with E-state index < -0.39 is 51.0 Å². The molecule has 1 aromatic carbocycles. The number of carboxylic acids is 1. The molecule has 2 aromatic heterocycles. The van der Waals surface area contributed by atoms with Gasteiger partial charge in [-0.3, -0.25) is 24.6 Å². The number of para-hydroxylation sites is 1. The molecule has 2 saturated heterocycles. The number of fused-ring (bicyclic) bond motifs is 2. The van der Waals surface area contributed by atoms with Gasteiger partial charge in [0.05, 0.1) is 27.4 Å². The van der Waals surface area contributed by atoms with Gasteiger partial charge in [-0.1, -0.05) is 18.2 Å². The third kappa shape index (κ3) is 4.02. The number of likely N-dealkylation sites (tertiary alicyclic amines) is 1. The van der Waals surface area contributed by atoms with Crippen LogP contribution in [0.1, 0.15) is 16.5 Å². The summed E-state index contributed by atoms with van der Waals surface area (Å²) >= 11 is 4.77. The highest BCUT2D eigenvalue weighted by molar-refractivity contribution is 9.11. The van der Waals surface area contributed by atoms with E-state index >= 15 is 0 Å². The van der Waals surface area contributed by atoms with E-state index in [0.29, 0.717) is 5.56 Å². The number of sulfone groups is 1. The molecule has 2 fully saturated rings. The van der Waals surface area contributed by atoms with Crippen molar-refractivity contribution >= 4 is 65.8 Å². The molecule has 9 nitrogen and oxygen atoms in total. The second kappa shape index (κ2) is 8.54. The predicted octanol–water partition coefficient (Wildman–Crippen LogP) is 2.35. The van der Waals surface area contributed by atoms with Gasteiger partial charge in [0, 0.05) is 41.2 Å². The van der Waals surface area contributed by atoms with Crippen LogP contribution >= 0.6 is 27.3 Å². The molecule has 0 radical (unpaired) electrons. The van der Waals surface area contributed by atoms with E-state index in [1.807, 2.05) is 24.3 Å². The topological polar surface area (TPSA) is 137 Å². The highest BCUT2D eigenvalue weighted by Crippen LogP contribution is 2.51. The molecular formula is C23H22BrN3O6S2. The van der Waals surface area contributed by atoms with Crippen LogP contribution in [0.15, 0.2) is 46.4 Å². The van der Waals surface area contributed by atoms with Crippen molar-refractivity contribution in [3.05, 3.63) is 56.8 Å². The number of carboxylic acid groups (broad SMARTS) is 1. The predicted molar refractivity (Wildman–Crippen MR) is 134 cm³/mol. The number of halogens is 1. The van der Waals surface area contributed by atoms with Gasteiger partial charge in [0.1, 0.15) is 15.4 Å². The Morgan fingerprint density at radius 3 is 2.60 bits per heavy atom. The number of amides is 2. The van der Waals surface area contributed by atoms with Crippen molar-refractivity contribution in [2.45, 2.75) is 18.0 Å². The van der Waals surface area contributed by atoms with Gasteiger partial charge in [-0.2, -0.15) is 0 Å². The van der Waals surface area contributed by atoms with Crippen molar-refractivity contribution in [1.29, 1.82) is 0 Å². The van der Waals surface area contributed by atoms with Gasteiger partial charge in [-0.15, -0.1) is 11.3 Å². The van der Waals surface area contributed by atoms with E-state index in [-0.39, 0.29) is 18.7 Å². The SMILES string of the molecule is CS(=O)(=O)CCN1C(=O)C2C(c3ccc(Br)s3)NC(Cc3c[nH]c4ccccc34)(C(=O)O)C2C1=O. The van der Waals surface area contributed by atoms with Crippen LogP contribution in [0.4, 0.5) is 0 Å². The van der Waals surface area contributed by atoms with Gasteiger partial charge < -0.3 is 10.1 Å². The molecular weight excluding hydrogens is 558 g/mol. The maximum absolute atomic E-state index is 13.6. The number of aliphatic carboxylic acids is 1. The van der Waals surface area contributed by atoms with Gasteiger partial charge in [-0.05, 0) is 39.7 Å². The standard InChI is InChI=1S/C23H22BrN3O6S2/c1-35(32,33)9-8-27-20(28)17-18(21(27)29)23(22(30)31,26-19(17)15-6-7-16(24)34-15)10-12-11-25-14-5-3-2-4-13(12)14/h2-7,11,17-19,25-26H,8-10H2,1H3,(H,30,31). The summed E-state index contributed by atoms with van der Waals surface area (Å²) in [7, 11) is -3.44. The largest absolute Gasteiger partial charge is 0.480 e. The van der Waals surface area contributed by atoms with Crippen LogP contribution in [0.3, 0.4) is 0 Å². The lowest BCUT2D eigenvalue weighted by Gasteiger charge is -2.31. The highest BCUT2D eigenvalue weighted by Gasteiger charge is 2.68. The molecule has 2 aliphatic heterocycles. The minimum absolute atomic E-state index is 0.0322. The molecule has 4 atom stereocenters. The van der Waals surface area contributed by atoms with Crippen molar-refractivity contribution in [3.8, 4) is 0 Å². The Labute approximate surface area is 213 Å². The zero-order valence-electron chi connectivity index (χ0n) is 18.5. The van der Waals surface area contributed by atoms with Crippen molar-refractivity contribution in [1.82, 2.24) is 15.2 Å². The number of hydrogen-bond donors (Lipinski definition) is 3. The molecule has 5 rings (SSSR count). The summed E-state index contributed by atoms with van der Waals surface area (Å²) in [4.78, 5) is 44.8. The fourth-order valence-electron chi connectivity index (χ4n) is 5.29. The van der Waals surface area contributed by atoms with E-state index in [1.54, 1.807) is 18.3 Å². The number of aromatic amines is 1. The van der Waals surface area contributed by atoms with Crippen LogP contribution < -0.4 is 5.32 Å². The molecule has 0 spiro atoms. The Bertz CT molecular complexity index is 1460. The van der Waals surface area contributed by atoms with Gasteiger partial charge in [0.15, 0.2) is 0 Å². The quantitative estimate of drug-likeness (QED) is 0.365. The normalized spacial score (nSPS) is 26.6. The highest BCUT2D eigenvalue weighted by atomic mass is 79.9. The van der Waals surface area contributed by atoms with Crippen LogP contribution in [0, 0.1) is 11.8 Å². The second-order valence-corrected chi connectivity index (χ2v) is 13.8. The average molecular weight is 580 g/mol. The van der Waals surface area contributed by atoms with Gasteiger partial charge in [-0.25, -0.2) is 8.42 Å². The lowest BCUT2D eigenvalue weighted by Crippen LogP contribution is -2.57. The molecule has 0 bridgehead atoms. The molecule has 4 heterocycles. The Kier molecular flexibility index (Phi) is 5.90. The summed E-state index contributed by atoms with van der Waals surface area (Å²) in [6, 6.07) is 10.3. The fourth-order valence-corrected chi connectivity index (χ4v) is 7.33. The number of imide groups is 1. The number of carbonyl (C=O) groups is 3. The molecule has 0 saturated carbocycles. The molecule has 2 aliphatic rings. The minimum Gasteiger partial charge on any atom is -0.480 e. The zero-order chi connectivity index (χ0) is 25.1. The summed E-state index contributed by atoms with van der Waals surface area (Å²) in [6.45, 7) is -0.298. The van der Waals surface area contributed by atoms with Gasteiger partial charge >= 0.3 is 5.97 Å². The zero-order valence-corrected chi connectivity index (χ0v) is 21.7. The third-order valence-electron chi connectivity index (χ3n) is 6.86. The molecule has 12 heteroatoms. The Balaban J connectivity index is 1.61. The maximum Gasteiger partial charge on any atom is 0.325 e. The number of hydrogen-bond acceptors (Lipinski definition) is 7. The van der Waals surface area contributed by atoms with Crippen molar-refractivity contribution in [2.24, 2.45) is 11.8 Å². The summed E-state index contributed by atoms with van der Waals surface area (Å²) in [5.41, 5.74) is -0.222. The third-order valence-corrected chi connectivity index (χ3v) is 9.49. The van der Waals surface area contributed by atoms with E-state index in [1.165, 1.54) is 11.3 Å². The lowest BCUT2D eigenvalue weighted by atomic mass is 9.76. The Morgan fingerprint density at radius 2 is 1.94 bits per heavy atom. The van der Waals surface area contributed by atoms with Crippen LogP contribution in [-0.2, 0) is 30.6 Å². The maximum atomic E-state index is 13.6. The van der Waals surface area contributed by atoms with Crippen molar-refractivity contribution in [2.75, 3.05) is 18.6 Å². The number of nitrogens with zero attached hydrogens (tertiary/aromatic N) is 1. The van der Waals surface area contributed by atoms with Crippen LogP contribution in [0.5, 0.6) is 0 Å². The van der Waals surface area contributed by atoms with E-state index in [0.717, 1.165) is 30.7 Å². The van der Waals surface area contributed by atoms with E-state index in [2.05, 4.69) is 26.2 Å². The first-order valence-corrected chi connectivity index (χ1v) is 14.5. The number of benzene rings is 1. The minimum atomic E-state index is -3.44. The summed E-state index contributed by atoms with van der Waals surface area (Å²) < 4.78 is 24.3. The summed E-state index contributed by atoms with van der Waals surface area (Å²) in [5.74, 6) is -4.97. The lowest BCUT2D eigenvalue weighted by molar-refractivity contribution is -0.151. The van der Waals surface area contributed by atoms with Crippen LogP contribution in [0.2, 0.25) is 0 Å². The van der Waals surface area contributed by atoms with Crippen molar-refractivity contribution in [3.63, 3.8) is 0 Å². The molecule has 3 N–H and O–H groups in total. The van der Waals surface area contributed by atoms with Crippen LogP contribution in [-0.4, -0.2) is 65.3 Å². The first-order chi connectivity index (χ1) is 16.5. The van der Waals surface area contributed by atoms with Gasteiger partial charge in [0.25, 0.3) is 0 Å². The number of rotatable bonds is 7. The molecule has 4 unspecified atom stereocenters. The monoisotopic (exact) mass is 579 g/mol. The first-order valence-electron chi connectivity index (χ1n) is 10.9. The number of aromatic nitrogens is 1. The Morgan fingerprint density at radius 1 is 1.20 bits per heavy atom. The number of thiophene rings is 1. The molecule has 35 heavy (non-hydrogen) atoms. The average Bonchev–Trinajstić information content (AvgIpc) is 3.53. The summed E-state index contributed by atoms with van der Waals surface area (Å²) in [6.07, 6.45) is 2.73. The molecule has 0 aliphatic carbocycles. The number of nitrogens with one attached hydrogen (secondary N) is 2. The van der Waals surface area contributed by atoms with E-state index in [9.17, 15) is 27.9 Å². The first kappa shape index (κ1) is 24.2. The second-order valence-electron chi connectivity index (χ2n) is 9.04. The van der Waals surface area contributed by atoms with Crippen LogP contribution in [0.25, 0.3) is 10.9 Å². The fraction of sp³-hybridized carbons (Fsp3) is 0.348. The molecule has 2 amide bonds. The number of carbonyl (C=O) groups excluding carboxylic acids is 2. The summed E-state index contributed by atoms with van der Waals surface area (Å²) in [5, 5.41) is 14.6. The van der Waals surface area contributed by atoms with E-state index in [4.69, 9.17) is 0 Å². The van der Waals surface area contributed by atoms with Gasteiger partial charge in [0.2, 0.25) is 11.8 Å². The van der Waals surface area contributed by atoms with Crippen molar-refractivity contribution < 1.29 is 27.9 Å². The molecule has 3 aromatic rings.